The quantitative estimate of drug-likeness (QED) is 0.464. The van der Waals surface area contributed by atoms with E-state index < -0.39 is 0 Å². The lowest BCUT2D eigenvalue weighted by Gasteiger charge is -2.32. The first-order chi connectivity index (χ1) is 13.9. The summed E-state index contributed by atoms with van der Waals surface area (Å²) in [6.07, 6.45) is 15.4. The highest BCUT2D eigenvalue weighted by Crippen LogP contribution is 2.38. The second-order valence-electron chi connectivity index (χ2n) is 10.1. The molecule has 1 nitrogen and oxygen atoms in total. The summed E-state index contributed by atoms with van der Waals surface area (Å²) in [4.78, 5) is 0. The molecule has 3 N–H and O–H groups in total. The van der Waals surface area contributed by atoms with Crippen LogP contribution >= 0.6 is 15.9 Å². The fourth-order valence-corrected chi connectivity index (χ4v) is 5.57. The molecule has 2 aromatic rings. The van der Waals surface area contributed by atoms with Gasteiger partial charge in [-0.3, -0.25) is 0 Å². The van der Waals surface area contributed by atoms with Gasteiger partial charge in [-0.15, -0.1) is 0 Å². The Kier molecular flexibility index (Phi) is 10.1. The number of halogens is 1. The zero-order chi connectivity index (χ0) is 20.7. The van der Waals surface area contributed by atoms with Gasteiger partial charge in [-0.25, -0.2) is 0 Å². The molecule has 0 atom stereocenters. The van der Waals surface area contributed by atoms with Crippen LogP contribution in [0.25, 0.3) is 11.1 Å². The lowest BCUT2D eigenvalue weighted by Crippen LogP contribution is -2.20. The molecule has 0 saturated heterocycles. The van der Waals surface area contributed by atoms with Crippen LogP contribution in [-0.4, -0.2) is 0 Å². The van der Waals surface area contributed by atoms with Crippen LogP contribution < -0.4 is 6.15 Å². The third kappa shape index (κ3) is 7.24. The van der Waals surface area contributed by atoms with Crippen LogP contribution in [0, 0.1) is 11.8 Å². The minimum Gasteiger partial charge on any atom is -0.344 e. The Balaban J connectivity index is 0.000000218. The molecule has 2 heteroatoms. The normalized spacial score (nSPS) is 18.1. The van der Waals surface area contributed by atoms with E-state index in [4.69, 9.17) is 0 Å². The van der Waals surface area contributed by atoms with Crippen molar-refractivity contribution in [2.75, 3.05) is 0 Å². The average Bonchev–Trinajstić information content (AvgIpc) is 2.75. The first kappa shape index (κ1) is 25.1. The van der Waals surface area contributed by atoms with Gasteiger partial charge in [0.05, 0.1) is 0 Å². The molecule has 2 saturated carbocycles. The van der Waals surface area contributed by atoms with E-state index in [2.05, 4.69) is 79.2 Å². The van der Waals surface area contributed by atoms with E-state index in [1.165, 1.54) is 55.2 Å². The van der Waals surface area contributed by atoms with Gasteiger partial charge in [0.25, 0.3) is 0 Å². The molecular formula is C28H42BrN. The van der Waals surface area contributed by atoms with Crippen LogP contribution in [0.4, 0.5) is 0 Å². The SMILES string of the molecule is C1CCC(C2CCCCC2)CC1.CC(C)(C)c1ccc(-c2ccccc2Br)cc1.N. The molecule has 4 rings (SSSR count). The zero-order valence-corrected chi connectivity index (χ0v) is 21.0. The Morgan fingerprint density at radius 1 is 0.667 bits per heavy atom. The predicted molar refractivity (Wildman–Crippen MR) is 136 cm³/mol. The van der Waals surface area contributed by atoms with Gasteiger partial charge in [-0.05, 0) is 40.0 Å². The summed E-state index contributed by atoms with van der Waals surface area (Å²) in [5.74, 6) is 2.28. The number of hydrogen-bond acceptors (Lipinski definition) is 1. The molecule has 0 amide bonds. The van der Waals surface area contributed by atoms with E-state index in [0.29, 0.717) is 0 Å². The summed E-state index contributed by atoms with van der Waals surface area (Å²) in [6.45, 7) is 6.71. The van der Waals surface area contributed by atoms with Gasteiger partial charge in [0, 0.05) is 4.47 Å². The Morgan fingerprint density at radius 2 is 1.13 bits per heavy atom. The van der Waals surface area contributed by atoms with Crippen molar-refractivity contribution >= 4 is 15.9 Å². The molecule has 0 heterocycles. The van der Waals surface area contributed by atoms with E-state index in [1.807, 2.05) is 6.07 Å². The molecule has 0 radical (unpaired) electrons. The fourth-order valence-electron chi connectivity index (χ4n) is 5.06. The van der Waals surface area contributed by atoms with Gasteiger partial charge in [-0.2, -0.15) is 0 Å². The van der Waals surface area contributed by atoms with Crippen molar-refractivity contribution in [3.8, 4) is 11.1 Å². The molecule has 0 bridgehead atoms. The third-order valence-corrected chi connectivity index (χ3v) is 7.59. The van der Waals surface area contributed by atoms with Gasteiger partial charge in [0.15, 0.2) is 0 Å². The van der Waals surface area contributed by atoms with Crippen molar-refractivity contribution in [3.63, 3.8) is 0 Å². The van der Waals surface area contributed by atoms with Gasteiger partial charge in [0.2, 0.25) is 0 Å². The second-order valence-corrected chi connectivity index (χ2v) is 11.0. The summed E-state index contributed by atoms with van der Waals surface area (Å²) < 4.78 is 1.14. The van der Waals surface area contributed by atoms with Crippen molar-refractivity contribution in [2.45, 2.75) is 90.4 Å². The lowest BCUT2D eigenvalue weighted by molar-refractivity contribution is 0.196. The maximum atomic E-state index is 3.59. The zero-order valence-electron chi connectivity index (χ0n) is 19.4. The van der Waals surface area contributed by atoms with Crippen molar-refractivity contribution in [2.24, 2.45) is 11.8 Å². The Bertz CT molecular complexity index is 716. The van der Waals surface area contributed by atoms with Crippen LogP contribution in [0.1, 0.15) is 90.5 Å². The molecule has 0 spiro atoms. The standard InChI is InChI=1S/C16H17Br.C12H22.H3N/c1-16(2,3)13-10-8-12(9-11-13)14-6-4-5-7-15(14)17;1-3-7-11(8-4-1)12-9-5-2-6-10-12;/h4-11H,1-3H3;11-12H,1-10H2;1H3. The molecular weight excluding hydrogens is 430 g/mol. The largest absolute Gasteiger partial charge is 0.344 e. The van der Waals surface area contributed by atoms with Crippen molar-refractivity contribution < 1.29 is 0 Å². The van der Waals surface area contributed by atoms with E-state index in [9.17, 15) is 0 Å². The van der Waals surface area contributed by atoms with E-state index in [0.717, 1.165) is 16.3 Å². The minimum absolute atomic E-state index is 0. The molecule has 2 aromatic carbocycles. The number of benzene rings is 2. The fraction of sp³-hybridized carbons (Fsp3) is 0.571. The maximum Gasteiger partial charge on any atom is 0.0253 e. The highest BCUT2D eigenvalue weighted by atomic mass is 79.9. The molecule has 0 aliphatic heterocycles. The summed E-state index contributed by atoms with van der Waals surface area (Å²) in [5, 5.41) is 0. The van der Waals surface area contributed by atoms with E-state index in [1.54, 1.807) is 25.7 Å². The van der Waals surface area contributed by atoms with Crippen molar-refractivity contribution in [1.82, 2.24) is 6.15 Å². The minimum atomic E-state index is 0. The Labute approximate surface area is 193 Å². The van der Waals surface area contributed by atoms with Gasteiger partial charge < -0.3 is 6.15 Å². The van der Waals surface area contributed by atoms with Gasteiger partial charge in [-0.1, -0.05) is 143 Å². The highest BCUT2D eigenvalue weighted by Gasteiger charge is 2.24. The maximum absolute atomic E-state index is 3.59. The van der Waals surface area contributed by atoms with Crippen molar-refractivity contribution in [3.05, 3.63) is 58.6 Å². The van der Waals surface area contributed by atoms with Crippen LogP contribution in [0.2, 0.25) is 0 Å². The van der Waals surface area contributed by atoms with E-state index >= 15 is 0 Å². The smallest absolute Gasteiger partial charge is 0.0253 e. The topological polar surface area (TPSA) is 35.0 Å². The monoisotopic (exact) mass is 471 g/mol. The summed E-state index contributed by atoms with van der Waals surface area (Å²) >= 11 is 3.59. The van der Waals surface area contributed by atoms with E-state index in [-0.39, 0.29) is 11.6 Å². The molecule has 0 aromatic heterocycles. The summed E-state index contributed by atoms with van der Waals surface area (Å²) in [6, 6.07) is 17.1. The van der Waals surface area contributed by atoms with Crippen LogP contribution in [0.3, 0.4) is 0 Å². The van der Waals surface area contributed by atoms with Crippen LogP contribution in [-0.2, 0) is 5.41 Å². The lowest BCUT2D eigenvalue weighted by atomic mass is 9.73. The molecule has 2 fully saturated rings. The Morgan fingerprint density at radius 3 is 1.57 bits per heavy atom. The second kappa shape index (κ2) is 12.1. The number of hydrogen-bond donors (Lipinski definition) is 1. The molecule has 2 aliphatic carbocycles. The molecule has 0 unspecified atom stereocenters. The summed E-state index contributed by atoms with van der Waals surface area (Å²) in [7, 11) is 0. The molecule has 2 aliphatic rings. The van der Waals surface area contributed by atoms with Crippen molar-refractivity contribution in [1.29, 1.82) is 0 Å². The van der Waals surface area contributed by atoms with Gasteiger partial charge >= 0.3 is 0 Å². The first-order valence-corrected chi connectivity index (χ1v) is 12.6. The third-order valence-electron chi connectivity index (χ3n) is 6.90. The van der Waals surface area contributed by atoms with Gasteiger partial charge in [0.1, 0.15) is 0 Å². The summed E-state index contributed by atoms with van der Waals surface area (Å²) in [5.41, 5.74) is 4.08. The number of rotatable bonds is 2. The molecule has 30 heavy (non-hydrogen) atoms. The highest BCUT2D eigenvalue weighted by molar-refractivity contribution is 9.10. The first-order valence-electron chi connectivity index (χ1n) is 11.8. The average molecular weight is 473 g/mol. The van der Waals surface area contributed by atoms with Crippen LogP contribution in [0.5, 0.6) is 0 Å². The van der Waals surface area contributed by atoms with Crippen LogP contribution in [0.15, 0.2) is 53.0 Å². The molecule has 166 valence electrons. The Hall–Kier alpha value is -1.12. The predicted octanol–water partition coefficient (Wildman–Crippen LogP) is 9.72.